The van der Waals surface area contributed by atoms with Crippen molar-refractivity contribution in [2.24, 2.45) is 5.92 Å². The molecule has 3 N–H and O–H groups in total. The van der Waals surface area contributed by atoms with Gasteiger partial charge in [0.2, 0.25) is 0 Å². The van der Waals surface area contributed by atoms with E-state index < -0.39 is 0 Å². The molecule has 132 valence electrons. The normalized spacial score (nSPS) is 17.6. The molecule has 0 radical (unpaired) electrons. The van der Waals surface area contributed by atoms with E-state index in [4.69, 9.17) is 0 Å². The number of hydrogen-bond acceptors (Lipinski definition) is 6. The molecule has 0 amide bonds. The number of rotatable bonds is 3. The molecular formula is C18H17N5O2S. The molecule has 0 bridgehead atoms. The second kappa shape index (κ2) is 5.93. The van der Waals surface area contributed by atoms with Crippen LogP contribution in [0.4, 0.5) is 5.00 Å². The lowest BCUT2D eigenvalue weighted by Gasteiger charge is -2.16. The van der Waals surface area contributed by atoms with Crippen LogP contribution in [-0.4, -0.2) is 44.7 Å². The average Bonchev–Trinajstić information content (AvgIpc) is 3.38. The third-order valence-electron chi connectivity index (χ3n) is 5.00. The van der Waals surface area contributed by atoms with E-state index >= 15 is 0 Å². The lowest BCUT2D eigenvalue weighted by molar-refractivity contribution is 0.239. The zero-order valence-electron chi connectivity index (χ0n) is 13.9. The van der Waals surface area contributed by atoms with Gasteiger partial charge >= 0.3 is 0 Å². The predicted molar refractivity (Wildman–Crippen MR) is 103 cm³/mol. The fraction of sp³-hybridized carbons (Fsp3) is 0.278. The highest BCUT2D eigenvalue weighted by Crippen LogP contribution is 2.43. The molecule has 0 unspecified atom stereocenters. The van der Waals surface area contributed by atoms with E-state index in [0.717, 1.165) is 51.5 Å². The number of fused-ring (bicyclic) bond motifs is 2. The molecular weight excluding hydrogens is 350 g/mol. The number of benzene rings is 1. The van der Waals surface area contributed by atoms with E-state index in [-0.39, 0.29) is 18.1 Å². The summed E-state index contributed by atoms with van der Waals surface area (Å²) in [5, 5.41) is 11.0. The second-order valence-electron chi connectivity index (χ2n) is 6.61. The molecule has 0 saturated carbocycles. The van der Waals surface area contributed by atoms with Gasteiger partial charge in [-0.05, 0) is 24.1 Å². The first-order valence-corrected chi connectivity index (χ1v) is 9.35. The number of aliphatic hydroxyl groups excluding tert-OH is 1. The monoisotopic (exact) mass is 367 g/mol. The van der Waals surface area contributed by atoms with Crippen molar-refractivity contribution in [3.63, 3.8) is 0 Å². The summed E-state index contributed by atoms with van der Waals surface area (Å²) >= 11 is 1.58. The number of hydrogen-bond donors (Lipinski definition) is 3. The van der Waals surface area contributed by atoms with Crippen LogP contribution in [0.25, 0.3) is 32.4 Å². The summed E-state index contributed by atoms with van der Waals surface area (Å²) in [5.41, 5.74) is 3.46. The second-order valence-corrected chi connectivity index (χ2v) is 7.61. The van der Waals surface area contributed by atoms with Gasteiger partial charge in [0.25, 0.3) is 5.56 Å². The molecule has 0 aliphatic carbocycles. The molecule has 4 aromatic rings. The number of thiophene rings is 1. The zero-order valence-corrected chi connectivity index (χ0v) is 14.7. The maximum absolute atomic E-state index is 12.5. The van der Waals surface area contributed by atoms with E-state index in [1.165, 1.54) is 6.33 Å². The van der Waals surface area contributed by atoms with Gasteiger partial charge < -0.3 is 20.0 Å². The number of nitrogens with one attached hydrogen (secondary N) is 2. The number of H-pyrrole nitrogens is 2. The van der Waals surface area contributed by atoms with Crippen molar-refractivity contribution in [2.75, 3.05) is 24.6 Å². The minimum Gasteiger partial charge on any atom is -0.396 e. The van der Waals surface area contributed by atoms with Gasteiger partial charge in [0.15, 0.2) is 0 Å². The van der Waals surface area contributed by atoms with Crippen molar-refractivity contribution in [3.8, 4) is 10.4 Å². The van der Waals surface area contributed by atoms with Crippen LogP contribution in [0.15, 0.2) is 35.6 Å². The summed E-state index contributed by atoms with van der Waals surface area (Å²) in [6.45, 7) is 1.78. The lowest BCUT2D eigenvalue weighted by Crippen LogP contribution is -2.21. The van der Waals surface area contributed by atoms with Crippen LogP contribution in [-0.2, 0) is 0 Å². The number of aliphatic hydroxyl groups is 1. The molecule has 1 aliphatic heterocycles. The van der Waals surface area contributed by atoms with Gasteiger partial charge in [-0.1, -0.05) is 6.07 Å². The summed E-state index contributed by atoms with van der Waals surface area (Å²) in [6.07, 6.45) is 4.06. The van der Waals surface area contributed by atoms with E-state index in [0.29, 0.717) is 5.39 Å². The summed E-state index contributed by atoms with van der Waals surface area (Å²) in [4.78, 5) is 30.3. The summed E-state index contributed by atoms with van der Waals surface area (Å²) < 4.78 is 0. The quantitative estimate of drug-likeness (QED) is 0.516. The van der Waals surface area contributed by atoms with Gasteiger partial charge in [-0.15, -0.1) is 11.3 Å². The van der Waals surface area contributed by atoms with E-state index in [1.54, 1.807) is 17.7 Å². The number of imidazole rings is 1. The number of anilines is 1. The van der Waals surface area contributed by atoms with E-state index in [9.17, 15) is 9.90 Å². The van der Waals surface area contributed by atoms with Crippen LogP contribution in [0.3, 0.4) is 0 Å². The number of nitrogens with zero attached hydrogens (tertiary/aromatic N) is 3. The third-order valence-corrected chi connectivity index (χ3v) is 6.28. The molecule has 0 spiro atoms. The van der Waals surface area contributed by atoms with Crippen molar-refractivity contribution in [1.82, 2.24) is 19.9 Å². The van der Waals surface area contributed by atoms with Crippen LogP contribution < -0.4 is 10.5 Å². The smallest absolute Gasteiger partial charge is 0.261 e. The van der Waals surface area contributed by atoms with Crippen molar-refractivity contribution in [3.05, 3.63) is 41.2 Å². The van der Waals surface area contributed by atoms with Gasteiger partial charge in [-0.2, -0.15) is 0 Å². The first kappa shape index (κ1) is 15.5. The fourth-order valence-electron chi connectivity index (χ4n) is 3.62. The Morgan fingerprint density at radius 3 is 3.00 bits per heavy atom. The van der Waals surface area contributed by atoms with Crippen LogP contribution >= 0.6 is 11.3 Å². The van der Waals surface area contributed by atoms with Crippen molar-refractivity contribution >= 4 is 38.3 Å². The molecule has 1 atom stereocenters. The average molecular weight is 367 g/mol. The maximum Gasteiger partial charge on any atom is 0.261 e. The Labute approximate surface area is 152 Å². The fourth-order valence-corrected chi connectivity index (χ4v) is 4.90. The highest BCUT2D eigenvalue weighted by Gasteiger charge is 2.27. The Morgan fingerprint density at radius 1 is 1.27 bits per heavy atom. The molecule has 8 heteroatoms. The minimum absolute atomic E-state index is 0.124. The zero-order chi connectivity index (χ0) is 17.7. The minimum atomic E-state index is -0.124. The molecule has 1 aliphatic rings. The van der Waals surface area contributed by atoms with Crippen LogP contribution in [0.2, 0.25) is 0 Å². The van der Waals surface area contributed by atoms with Crippen LogP contribution in [0, 0.1) is 5.92 Å². The highest BCUT2D eigenvalue weighted by molar-refractivity contribution is 7.21. The van der Waals surface area contributed by atoms with Gasteiger partial charge in [-0.25, -0.2) is 9.97 Å². The highest BCUT2D eigenvalue weighted by atomic mass is 32.1. The predicted octanol–water partition coefficient (Wildman–Crippen LogP) is 2.35. The van der Waals surface area contributed by atoms with Crippen molar-refractivity contribution in [1.29, 1.82) is 0 Å². The van der Waals surface area contributed by atoms with E-state index in [2.05, 4.69) is 24.8 Å². The molecule has 5 rings (SSSR count). The van der Waals surface area contributed by atoms with Gasteiger partial charge in [0.05, 0.1) is 34.1 Å². The lowest BCUT2D eigenvalue weighted by atomic mass is 10.1. The summed E-state index contributed by atoms with van der Waals surface area (Å²) in [7, 11) is 0. The largest absolute Gasteiger partial charge is 0.396 e. The van der Waals surface area contributed by atoms with Gasteiger partial charge in [0.1, 0.15) is 10.4 Å². The standard InChI is InChI=1S/C18H17N5O2S/c24-7-10-3-4-23(6-10)18-14-15(21-9-22-17(14)25)16(26-18)11-1-2-12-13(5-11)20-8-19-12/h1-2,5,8-10,24H,3-4,6-7H2,(H,19,20)(H,21,22,25)/t10-/m0/s1. The van der Waals surface area contributed by atoms with Crippen molar-refractivity contribution in [2.45, 2.75) is 6.42 Å². The molecule has 4 heterocycles. The van der Waals surface area contributed by atoms with Gasteiger partial charge in [-0.3, -0.25) is 4.79 Å². The third kappa shape index (κ3) is 2.33. The molecule has 7 nitrogen and oxygen atoms in total. The van der Waals surface area contributed by atoms with Crippen molar-refractivity contribution < 1.29 is 5.11 Å². The number of aromatic nitrogens is 4. The maximum atomic E-state index is 12.5. The molecule has 3 aromatic heterocycles. The Kier molecular flexibility index (Phi) is 3.54. The van der Waals surface area contributed by atoms with Gasteiger partial charge in [0, 0.05) is 25.6 Å². The first-order valence-electron chi connectivity index (χ1n) is 8.54. The molecule has 26 heavy (non-hydrogen) atoms. The van der Waals surface area contributed by atoms with Crippen LogP contribution in [0.5, 0.6) is 0 Å². The molecule has 1 aromatic carbocycles. The molecule has 1 fully saturated rings. The van der Waals surface area contributed by atoms with Crippen LogP contribution in [0.1, 0.15) is 6.42 Å². The Bertz CT molecular complexity index is 1160. The summed E-state index contributed by atoms with van der Waals surface area (Å²) in [6, 6.07) is 6.04. The first-order chi connectivity index (χ1) is 12.7. The SMILES string of the molecule is O=c1[nH]cnc2c(-c3ccc4[nH]cnc4c3)sc(N3CC[C@H](CO)C3)c12. The molecule has 1 saturated heterocycles. The van der Waals surface area contributed by atoms with E-state index in [1.807, 2.05) is 18.2 Å². The Morgan fingerprint density at radius 2 is 2.15 bits per heavy atom. The number of aromatic amines is 2. The topological polar surface area (TPSA) is 97.9 Å². The Hall–Kier alpha value is -2.71. The Balaban J connectivity index is 1.71. The summed E-state index contributed by atoms with van der Waals surface area (Å²) in [5.74, 6) is 0.256.